The van der Waals surface area contributed by atoms with Crippen molar-refractivity contribution in [3.8, 4) is 0 Å². The number of hydrogen-bond donors (Lipinski definition) is 1. The molecule has 1 saturated carbocycles. The van der Waals surface area contributed by atoms with Crippen LogP contribution in [0.15, 0.2) is 4.34 Å². The molecule has 0 radical (unpaired) electrons. The van der Waals surface area contributed by atoms with Crippen LogP contribution in [0.4, 0.5) is 5.13 Å². The Kier molecular flexibility index (Phi) is 5.00. The highest BCUT2D eigenvalue weighted by atomic mass is 32.2. The molecule has 0 unspecified atom stereocenters. The van der Waals surface area contributed by atoms with Crippen LogP contribution in [0.2, 0.25) is 0 Å². The molecule has 1 aliphatic carbocycles. The van der Waals surface area contributed by atoms with Crippen LogP contribution in [-0.4, -0.2) is 21.4 Å². The van der Waals surface area contributed by atoms with Crippen LogP contribution in [0.5, 0.6) is 0 Å². The number of thioether (sulfide) groups is 1. The van der Waals surface area contributed by atoms with Crippen molar-refractivity contribution in [1.82, 2.24) is 10.2 Å². The maximum Gasteiger partial charge on any atom is 0.228 e. The fourth-order valence-electron chi connectivity index (χ4n) is 1.88. The van der Waals surface area contributed by atoms with Gasteiger partial charge in [-0.15, -0.1) is 10.2 Å². The number of carbonyl (C=O) groups excluding carboxylic acids is 1. The molecule has 1 aliphatic rings. The second-order valence-corrected chi connectivity index (χ2v) is 7.42. The van der Waals surface area contributed by atoms with Crippen molar-refractivity contribution in [2.75, 3.05) is 5.32 Å². The summed E-state index contributed by atoms with van der Waals surface area (Å²) in [5.74, 6) is -0.0243. The molecule has 18 heavy (non-hydrogen) atoms. The molecular weight excluding hydrogens is 266 g/mol. The fraction of sp³-hybridized carbons (Fsp3) is 0.750. The molecule has 1 amide bonds. The van der Waals surface area contributed by atoms with E-state index in [-0.39, 0.29) is 11.8 Å². The zero-order valence-corrected chi connectivity index (χ0v) is 12.4. The molecule has 2 rings (SSSR count). The summed E-state index contributed by atoms with van der Waals surface area (Å²) in [4.78, 5) is 11.5. The Balaban J connectivity index is 1.87. The molecular formula is C12H19N3OS2. The zero-order chi connectivity index (χ0) is 13.0. The van der Waals surface area contributed by atoms with E-state index in [1.807, 2.05) is 25.6 Å². The van der Waals surface area contributed by atoms with E-state index >= 15 is 0 Å². The third-order valence-corrected chi connectivity index (χ3v) is 5.24. The number of nitrogens with zero attached hydrogens (tertiary/aromatic N) is 2. The van der Waals surface area contributed by atoms with E-state index in [0.717, 1.165) is 4.34 Å². The number of hydrogen-bond acceptors (Lipinski definition) is 5. The third kappa shape index (κ3) is 3.95. The van der Waals surface area contributed by atoms with Crippen molar-refractivity contribution >= 4 is 34.1 Å². The van der Waals surface area contributed by atoms with Crippen LogP contribution in [0.3, 0.4) is 0 Å². The molecule has 1 aromatic heterocycles. The van der Waals surface area contributed by atoms with Crippen molar-refractivity contribution in [2.45, 2.75) is 55.5 Å². The Bertz CT molecular complexity index is 400. The van der Waals surface area contributed by atoms with Gasteiger partial charge in [0.15, 0.2) is 4.34 Å². The first-order valence-corrected chi connectivity index (χ1v) is 8.16. The van der Waals surface area contributed by atoms with Gasteiger partial charge in [0.25, 0.3) is 0 Å². The second-order valence-electron chi connectivity index (χ2n) is 4.89. The maximum absolute atomic E-state index is 11.5. The third-order valence-electron chi connectivity index (χ3n) is 2.98. The predicted molar refractivity (Wildman–Crippen MR) is 76.1 cm³/mol. The zero-order valence-electron chi connectivity index (χ0n) is 10.8. The van der Waals surface area contributed by atoms with Gasteiger partial charge in [-0.25, -0.2) is 0 Å². The van der Waals surface area contributed by atoms with E-state index in [2.05, 4.69) is 15.5 Å². The molecule has 1 heterocycles. The monoisotopic (exact) mass is 285 g/mol. The summed E-state index contributed by atoms with van der Waals surface area (Å²) in [5.41, 5.74) is 0. The van der Waals surface area contributed by atoms with Gasteiger partial charge in [-0.05, 0) is 12.8 Å². The molecule has 1 aromatic rings. The van der Waals surface area contributed by atoms with E-state index in [0.29, 0.717) is 10.4 Å². The van der Waals surface area contributed by atoms with Crippen LogP contribution in [0.25, 0.3) is 0 Å². The van der Waals surface area contributed by atoms with E-state index in [4.69, 9.17) is 0 Å². The van der Waals surface area contributed by atoms with Crippen molar-refractivity contribution in [2.24, 2.45) is 5.92 Å². The standard InChI is InChI=1S/C12H19N3OS2/c1-8(2)10(16)13-11-14-15-12(18-11)17-9-6-4-3-5-7-9/h8-9H,3-7H2,1-2H3,(H,13,14,16). The van der Waals surface area contributed by atoms with Gasteiger partial charge in [0.2, 0.25) is 11.0 Å². The van der Waals surface area contributed by atoms with E-state index in [1.54, 1.807) is 0 Å². The van der Waals surface area contributed by atoms with Crippen molar-refractivity contribution in [1.29, 1.82) is 0 Å². The number of rotatable bonds is 4. The van der Waals surface area contributed by atoms with Gasteiger partial charge < -0.3 is 5.32 Å². The molecule has 0 aliphatic heterocycles. The Morgan fingerprint density at radius 3 is 2.72 bits per heavy atom. The molecule has 100 valence electrons. The molecule has 0 bridgehead atoms. The molecule has 0 spiro atoms. The minimum Gasteiger partial charge on any atom is -0.300 e. The minimum atomic E-state index is -0.0247. The van der Waals surface area contributed by atoms with Crippen molar-refractivity contribution in [3.63, 3.8) is 0 Å². The summed E-state index contributed by atoms with van der Waals surface area (Å²) in [6.07, 6.45) is 6.57. The summed E-state index contributed by atoms with van der Waals surface area (Å²) in [7, 11) is 0. The first kappa shape index (κ1) is 13.8. The normalized spacial score (nSPS) is 17.1. The smallest absolute Gasteiger partial charge is 0.228 e. The minimum absolute atomic E-state index is 0.000339. The maximum atomic E-state index is 11.5. The Morgan fingerprint density at radius 2 is 2.06 bits per heavy atom. The van der Waals surface area contributed by atoms with Gasteiger partial charge in [0.05, 0.1) is 0 Å². The van der Waals surface area contributed by atoms with E-state index in [1.165, 1.54) is 43.4 Å². The van der Waals surface area contributed by atoms with Crippen LogP contribution in [-0.2, 0) is 4.79 Å². The largest absolute Gasteiger partial charge is 0.300 e. The van der Waals surface area contributed by atoms with Gasteiger partial charge >= 0.3 is 0 Å². The second kappa shape index (κ2) is 6.52. The highest BCUT2D eigenvalue weighted by Gasteiger charge is 2.17. The lowest BCUT2D eigenvalue weighted by atomic mass is 10.0. The predicted octanol–water partition coefficient (Wildman–Crippen LogP) is 3.56. The Morgan fingerprint density at radius 1 is 1.33 bits per heavy atom. The summed E-state index contributed by atoms with van der Waals surface area (Å²) in [6.45, 7) is 3.74. The lowest BCUT2D eigenvalue weighted by molar-refractivity contribution is -0.118. The first-order chi connectivity index (χ1) is 8.65. The van der Waals surface area contributed by atoms with Crippen LogP contribution < -0.4 is 5.32 Å². The topological polar surface area (TPSA) is 54.9 Å². The molecule has 1 N–H and O–H groups in total. The Hall–Kier alpha value is -0.620. The number of anilines is 1. The summed E-state index contributed by atoms with van der Waals surface area (Å²) < 4.78 is 0.973. The van der Waals surface area contributed by atoms with E-state index in [9.17, 15) is 4.79 Å². The van der Waals surface area contributed by atoms with Gasteiger partial charge in [0.1, 0.15) is 0 Å². The lowest BCUT2D eigenvalue weighted by Gasteiger charge is -2.19. The van der Waals surface area contributed by atoms with Crippen LogP contribution in [0, 0.1) is 5.92 Å². The average molecular weight is 285 g/mol. The van der Waals surface area contributed by atoms with E-state index < -0.39 is 0 Å². The SMILES string of the molecule is CC(C)C(=O)Nc1nnc(SC2CCCCC2)s1. The summed E-state index contributed by atoms with van der Waals surface area (Å²) in [5, 5.41) is 12.2. The highest BCUT2D eigenvalue weighted by molar-refractivity contribution is 8.01. The molecule has 0 aromatic carbocycles. The number of nitrogens with one attached hydrogen (secondary N) is 1. The number of amides is 1. The average Bonchev–Trinajstić information content (AvgIpc) is 2.77. The van der Waals surface area contributed by atoms with Gasteiger partial charge in [-0.1, -0.05) is 56.2 Å². The molecule has 1 fully saturated rings. The molecule has 4 nitrogen and oxygen atoms in total. The molecule has 0 saturated heterocycles. The highest BCUT2D eigenvalue weighted by Crippen LogP contribution is 2.35. The van der Waals surface area contributed by atoms with Gasteiger partial charge in [0, 0.05) is 11.2 Å². The molecule has 6 heteroatoms. The first-order valence-electron chi connectivity index (χ1n) is 6.46. The fourth-order valence-corrected chi connectivity index (χ4v) is 4.14. The number of carbonyl (C=O) groups is 1. The number of aromatic nitrogens is 2. The quantitative estimate of drug-likeness (QED) is 0.859. The van der Waals surface area contributed by atoms with Crippen molar-refractivity contribution in [3.05, 3.63) is 0 Å². The summed E-state index contributed by atoms with van der Waals surface area (Å²) >= 11 is 3.30. The van der Waals surface area contributed by atoms with Crippen LogP contribution in [0.1, 0.15) is 46.0 Å². The molecule has 0 atom stereocenters. The van der Waals surface area contributed by atoms with Gasteiger partial charge in [-0.2, -0.15) is 0 Å². The Labute approximate surface area is 116 Å². The van der Waals surface area contributed by atoms with Crippen LogP contribution >= 0.6 is 23.1 Å². The summed E-state index contributed by atoms with van der Waals surface area (Å²) in [6, 6.07) is 0. The van der Waals surface area contributed by atoms with Gasteiger partial charge in [-0.3, -0.25) is 4.79 Å². The lowest BCUT2D eigenvalue weighted by Crippen LogP contribution is -2.17. The van der Waals surface area contributed by atoms with Crippen molar-refractivity contribution < 1.29 is 4.79 Å².